The second-order valence-electron chi connectivity index (χ2n) is 8.04. The molecule has 0 aliphatic carbocycles. The lowest BCUT2D eigenvalue weighted by atomic mass is 9.93. The molecular formula is C22H28FN3O2S. The zero-order chi connectivity index (χ0) is 21.1. The van der Waals surface area contributed by atoms with Gasteiger partial charge >= 0.3 is 6.03 Å². The van der Waals surface area contributed by atoms with Crippen LogP contribution in [0.25, 0.3) is 0 Å². The molecule has 29 heavy (non-hydrogen) atoms. The summed E-state index contributed by atoms with van der Waals surface area (Å²) in [6.07, 6.45) is 0.794. The molecule has 1 aromatic heterocycles. The van der Waals surface area contributed by atoms with Gasteiger partial charge in [0.25, 0.3) is 0 Å². The first kappa shape index (κ1) is 21.3. The van der Waals surface area contributed by atoms with Gasteiger partial charge in [-0.2, -0.15) is 0 Å². The van der Waals surface area contributed by atoms with Gasteiger partial charge in [0.2, 0.25) is 5.91 Å². The molecule has 0 spiro atoms. The van der Waals surface area contributed by atoms with Crippen LogP contribution in [-0.2, 0) is 11.2 Å². The fraction of sp³-hybridized carbons (Fsp3) is 0.455. The summed E-state index contributed by atoms with van der Waals surface area (Å²) < 4.78 is 13.5. The van der Waals surface area contributed by atoms with Gasteiger partial charge in [0.1, 0.15) is 12.4 Å². The van der Waals surface area contributed by atoms with Crippen molar-refractivity contribution in [2.45, 2.75) is 26.3 Å². The summed E-state index contributed by atoms with van der Waals surface area (Å²) >= 11 is 1.69. The highest BCUT2D eigenvalue weighted by molar-refractivity contribution is 7.10. The van der Waals surface area contributed by atoms with Crippen molar-refractivity contribution in [3.63, 3.8) is 0 Å². The molecule has 1 aliphatic rings. The van der Waals surface area contributed by atoms with Gasteiger partial charge in [-0.25, -0.2) is 9.18 Å². The SMILES string of the molecule is CC(C)CN(CC(=O)N1CCc2sccc2C1c1ccc(F)cc1)C(=O)N(C)C. The van der Waals surface area contributed by atoms with E-state index in [2.05, 4.69) is 0 Å². The highest BCUT2D eigenvalue weighted by atomic mass is 32.1. The number of carbonyl (C=O) groups excluding carboxylic acids is 2. The molecule has 0 fully saturated rings. The van der Waals surface area contributed by atoms with E-state index in [9.17, 15) is 14.0 Å². The Balaban J connectivity index is 1.89. The number of fused-ring (bicyclic) bond motifs is 1. The van der Waals surface area contributed by atoms with E-state index >= 15 is 0 Å². The number of nitrogens with zero attached hydrogens (tertiary/aromatic N) is 3. The third-order valence-electron chi connectivity index (χ3n) is 5.04. The molecule has 156 valence electrons. The molecule has 3 amide bonds. The fourth-order valence-electron chi connectivity index (χ4n) is 3.78. The highest BCUT2D eigenvalue weighted by Crippen LogP contribution is 2.37. The summed E-state index contributed by atoms with van der Waals surface area (Å²) in [4.78, 5) is 32.1. The third-order valence-corrected chi connectivity index (χ3v) is 6.03. The number of carbonyl (C=O) groups is 2. The Labute approximate surface area is 175 Å². The summed E-state index contributed by atoms with van der Waals surface area (Å²) in [7, 11) is 3.39. The van der Waals surface area contributed by atoms with Crippen molar-refractivity contribution in [3.05, 3.63) is 57.5 Å². The van der Waals surface area contributed by atoms with E-state index in [1.165, 1.54) is 21.9 Å². The lowest BCUT2D eigenvalue weighted by Crippen LogP contribution is -2.49. The first-order valence-corrected chi connectivity index (χ1v) is 10.7. The van der Waals surface area contributed by atoms with Crippen LogP contribution < -0.4 is 0 Å². The number of hydrogen-bond donors (Lipinski definition) is 0. The summed E-state index contributed by atoms with van der Waals surface area (Å²) in [5.74, 6) is -0.135. The minimum absolute atomic E-state index is 0.0341. The molecule has 0 radical (unpaired) electrons. The monoisotopic (exact) mass is 417 g/mol. The third kappa shape index (κ3) is 4.78. The average molecular weight is 418 g/mol. The Morgan fingerprint density at radius 2 is 1.90 bits per heavy atom. The molecule has 1 unspecified atom stereocenters. The lowest BCUT2D eigenvalue weighted by Gasteiger charge is -2.38. The molecule has 0 saturated heterocycles. The topological polar surface area (TPSA) is 43.9 Å². The quantitative estimate of drug-likeness (QED) is 0.738. The van der Waals surface area contributed by atoms with E-state index in [-0.39, 0.29) is 36.3 Å². The zero-order valence-electron chi connectivity index (χ0n) is 17.4. The number of amides is 3. The molecule has 1 aromatic carbocycles. The molecular weight excluding hydrogens is 389 g/mol. The van der Waals surface area contributed by atoms with Gasteiger partial charge in [-0.05, 0) is 47.0 Å². The second-order valence-corrected chi connectivity index (χ2v) is 9.04. The Hall–Kier alpha value is -2.41. The molecule has 0 bridgehead atoms. The lowest BCUT2D eigenvalue weighted by molar-refractivity contribution is -0.134. The first-order valence-electron chi connectivity index (χ1n) is 9.85. The molecule has 0 N–H and O–H groups in total. The summed E-state index contributed by atoms with van der Waals surface area (Å²) in [5, 5.41) is 2.04. The van der Waals surface area contributed by atoms with Crippen LogP contribution in [0.15, 0.2) is 35.7 Å². The molecule has 3 rings (SSSR count). The van der Waals surface area contributed by atoms with Gasteiger partial charge in [0, 0.05) is 32.1 Å². The summed E-state index contributed by atoms with van der Waals surface area (Å²) in [6.45, 7) is 5.19. The van der Waals surface area contributed by atoms with Crippen molar-refractivity contribution in [3.8, 4) is 0 Å². The number of thiophene rings is 1. The molecule has 1 aliphatic heterocycles. The van der Waals surface area contributed by atoms with Crippen LogP contribution in [0.3, 0.4) is 0 Å². The van der Waals surface area contributed by atoms with Crippen molar-refractivity contribution in [1.82, 2.24) is 14.7 Å². The van der Waals surface area contributed by atoms with Crippen LogP contribution in [-0.4, -0.2) is 60.4 Å². The minimum atomic E-state index is -0.298. The Morgan fingerprint density at radius 1 is 1.21 bits per heavy atom. The van der Waals surface area contributed by atoms with Gasteiger partial charge in [-0.15, -0.1) is 11.3 Å². The molecule has 1 atom stereocenters. The van der Waals surface area contributed by atoms with Gasteiger partial charge in [-0.1, -0.05) is 26.0 Å². The zero-order valence-corrected chi connectivity index (χ0v) is 18.2. The van der Waals surface area contributed by atoms with Crippen LogP contribution in [0.4, 0.5) is 9.18 Å². The second kappa shape index (κ2) is 8.95. The maximum absolute atomic E-state index is 13.5. The Kier molecular flexibility index (Phi) is 6.57. The van der Waals surface area contributed by atoms with Crippen LogP contribution in [0, 0.1) is 11.7 Å². The molecule has 5 nitrogen and oxygen atoms in total. The Morgan fingerprint density at radius 3 is 2.52 bits per heavy atom. The van der Waals surface area contributed by atoms with E-state index in [0.29, 0.717) is 13.1 Å². The molecule has 0 saturated carbocycles. The number of benzene rings is 1. The van der Waals surface area contributed by atoms with E-state index in [0.717, 1.165) is 17.5 Å². The Bertz CT molecular complexity index is 863. The number of urea groups is 1. The number of hydrogen-bond acceptors (Lipinski definition) is 3. The van der Waals surface area contributed by atoms with E-state index in [4.69, 9.17) is 0 Å². The first-order chi connectivity index (χ1) is 13.8. The number of rotatable bonds is 5. The minimum Gasteiger partial charge on any atom is -0.331 e. The standard InChI is InChI=1S/C22H28FN3O2S/c1-15(2)13-25(22(28)24(3)4)14-20(27)26-11-9-19-18(10-12-29-19)21(26)16-5-7-17(23)8-6-16/h5-8,10,12,15,21H,9,11,13-14H2,1-4H3. The van der Waals surface area contributed by atoms with Gasteiger partial charge < -0.3 is 14.7 Å². The molecule has 7 heteroatoms. The van der Waals surface area contributed by atoms with Crippen molar-refractivity contribution in [2.75, 3.05) is 33.7 Å². The molecule has 2 aromatic rings. The van der Waals surface area contributed by atoms with E-state index in [1.54, 1.807) is 42.5 Å². The van der Waals surface area contributed by atoms with Crippen molar-refractivity contribution in [2.24, 2.45) is 5.92 Å². The molecule has 2 heterocycles. The highest BCUT2D eigenvalue weighted by Gasteiger charge is 2.34. The smallest absolute Gasteiger partial charge is 0.319 e. The summed E-state index contributed by atoms with van der Waals surface area (Å²) in [6, 6.07) is 7.96. The van der Waals surface area contributed by atoms with Crippen LogP contribution in [0.5, 0.6) is 0 Å². The average Bonchev–Trinajstić information content (AvgIpc) is 3.15. The van der Waals surface area contributed by atoms with Crippen LogP contribution in [0.2, 0.25) is 0 Å². The van der Waals surface area contributed by atoms with E-state index < -0.39 is 0 Å². The maximum Gasteiger partial charge on any atom is 0.319 e. The van der Waals surface area contributed by atoms with E-state index in [1.807, 2.05) is 30.2 Å². The number of halogens is 1. The van der Waals surface area contributed by atoms with Gasteiger partial charge in [0.15, 0.2) is 0 Å². The normalized spacial score (nSPS) is 15.9. The fourth-order valence-corrected chi connectivity index (χ4v) is 4.68. The van der Waals surface area contributed by atoms with Crippen molar-refractivity contribution >= 4 is 23.3 Å². The largest absolute Gasteiger partial charge is 0.331 e. The van der Waals surface area contributed by atoms with Crippen LogP contribution in [0.1, 0.15) is 35.9 Å². The van der Waals surface area contributed by atoms with Crippen molar-refractivity contribution < 1.29 is 14.0 Å². The predicted octanol–water partition coefficient (Wildman–Crippen LogP) is 4.00. The van der Waals surface area contributed by atoms with Gasteiger partial charge in [-0.3, -0.25) is 4.79 Å². The van der Waals surface area contributed by atoms with Crippen molar-refractivity contribution in [1.29, 1.82) is 0 Å². The van der Waals surface area contributed by atoms with Gasteiger partial charge in [0.05, 0.1) is 6.04 Å². The maximum atomic E-state index is 13.5. The predicted molar refractivity (Wildman–Crippen MR) is 113 cm³/mol. The van der Waals surface area contributed by atoms with Crippen LogP contribution >= 0.6 is 11.3 Å². The summed E-state index contributed by atoms with van der Waals surface area (Å²) in [5.41, 5.74) is 1.98.